The van der Waals surface area contributed by atoms with Gasteiger partial charge in [-0.3, -0.25) is 4.79 Å². The molecule has 1 aromatic rings. The zero-order valence-corrected chi connectivity index (χ0v) is 7.43. The second-order valence-electron chi connectivity index (χ2n) is 2.42. The smallest absolute Gasteiger partial charge is 0.267 e. The Morgan fingerprint density at radius 1 is 1.42 bits per heavy atom. The van der Waals surface area contributed by atoms with Crippen LogP contribution < -0.4 is 0 Å². The van der Waals surface area contributed by atoms with Crippen molar-refractivity contribution in [3.8, 4) is 0 Å². The van der Waals surface area contributed by atoms with E-state index in [1.165, 1.54) is 18.3 Å². The molecule has 0 atom stereocenters. The standard InChI is InChI=1S/C8H3BrFNO/c9-6-2-5-4(1-7(6)10)3-11-8(5)12/h1-3H. The summed E-state index contributed by atoms with van der Waals surface area (Å²) in [6.07, 6.45) is 1.37. The van der Waals surface area contributed by atoms with Crippen molar-refractivity contribution in [3.05, 3.63) is 33.5 Å². The number of rotatable bonds is 0. The zero-order valence-electron chi connectivity index (χ0n) is 5.84. The summed E-state index contributed by atoms with van der Waals surface area (Å²) in [6, 6.07) is 2.73. The molecular weight excluding hydrogens is 225 g/mol. The molecule has 1 aliphatic rings. The first kappa shape index (κ1) is 7.61. The minimum atomic E-state index is -0.380. The summed E-state index contributed by atoms with van der Waals surface area (Å²) in [7, 11) is 0. The third-order valence-corrected chi connectivity index (χ3v) is 2.25. The zero-order chi connectivity index (χ0) is 8.72. The summed E-state index contributed by atoms with van der Waals surface area (Å²) in [4.78, 5) is 14.5. The average molecular weight is 228 g/mol. The SMILES string of the molecule is O=C1N=Cc2cc(F)c(Br)cc21. The van der Waals surface area contributed by atoms with Crippen molar-refractivity contribution in [3.63, 3.8) is 0 Å². The first-order valence-corrected chi connectivity index (χ1v) is 4.05. The number of nitrogens with zero attached hydrogens (tertiary/aromatic N) is 1. The normalized spacial score (nSPS) is 13.7. The van der Waals surface area contributed by atoms with Crippen LogP contribution >= 0.6 is 15.9 Å². The highest BCUT2D eigenvalue weighted by molar-refractivity contribution is 9.10. The number of hydrogen-bond acceptors (Lipinski definition) is 1. The van der Waals surface area contributed by atoms with Gasteiger partial charge in [-0.1, -0.05) is 0 Å². The van der Waals surface area contributed by atoms with Gasteiger partial charge in [0.2, 0.25) is 0 Å². The number of fused-ring (bicyclic) bond motifs is 1. The Hall–Kier alpha value is -1.03. The monoisotopic (exact) mass is 227 g/mol. The first-order chi connectivity index (χ1) is 5.68. The molecule has 12 heavy (non-hydrogen) atoms. The largest absolute Gasteiger partial charge is 0.277 e. The Bertz CT molecular complexity index is 400. The van der Waals surface area contributed by atoms with Gasteiger partial charge in [-0.25, -0.2) is 9.38 Å². The molecule has 0 unspecified atom stereocenters. The molecule has 2 nitrogen and oxygen atoms in total. The van der Waals surface area contributed by atoms with Gasteiger partial charge < -0.3 is 0 Å². The maximum absolute atomic E-state index is 12.9. The molecule has 0 bridgehead atoms. The third kappa shape index (κ3) is 0.992. The second-order valence-corrected chi connectivity index (χ2v) is 3.27. The highest BCUT2D eigenvalue weighted by atomic mass is 79.9. The second kappa shape index (κ2) is 2.48. The lowest BCUT2D eigenvalue weighted by Crippen LogP contribution is -1.93. The van der Waals surface area contributed by atoms with Gasteiger partial charge in [-0.15, -0.1) is 0 Å². The molecule has 2 rings (SSSR count). The van der Waals surface area contributed by atoms with Crippen molar-refractivity contribution in [1.29, 1.82) is 0 Å². The van der Waals surface area contributed by atoms with E-state index in [2.05, 4.69) is 20.9 Å². The lowest BCUT2D eigenvalue weighted by Gasteiger charge is -1.97. The summed E-state index contributed by atoms with van der Waals surface area (Å²) in [5, 5.41) is 0. The van der Waals surface area contributed by atoms with Crippen LogP contribution in [0.15, 0.2) is 21.6 Å². The Morgan fingerprint density at radius 3 is 2.92 bits per heavy atom. The van der Waals surface area contributed by atoms with Crippen LogP contribution in [-0.2, 0) is 0 Å². The quantitative estimate of drug-likeness (QED) is 0.668. The molecule has 0 radical (unpaired) electrons. The third-order valence-electron chi connectivity index (χ3n) is 1.64. The van der Waals surface area contributed by atoms with E-state index >= 15 is 0 Å². The van der Waals surface area contributed by atoms with Crippen LogP contribution in [0.1, 0.15) is 15.9 Å². The molecule has 1 aromatic carbocycles. The van der Waals surface area contributed by atoms with E-state index in [9.17, 15) is 9.18 Å². The molecular formula is C8H3BrFNO. The van der Waals surface area contributed by atoms with E-state index in [0.717, 1.165) is 0 Å². The summed E-state index contributed by atoms with van der Waals surface area (Å²) in [5.74, 6) is -0.694. The van der Waals surface area contributed by atoms with Crippen LogP contribution in [0.5, 0.6) is 0 Å². The molecule has 0 saturated heterocycles. The van der Waals surface area contributed by atoms with Gasteiger partial charge in [-0.05, 0) is 28.1 Å². The van der Waals surface area contributed by atoms with Crippen LogP contribution in [0.2, 0.25) is 0 Å². The summed E-state index contributed by atoms with van der Waals surface area (Å²) in [5.41, 5.74) is 0.990. The molecule has 0 fully saturated rings. The van der Waals surface area contributed by atoms with Gasteiger partial charge in [0, 0.05) is 11.8 Å². The average Bonchev–Trinajstić information content (AvgIpc) is 2.35. The number of aliphatic imine (C=N–C) groups is 1. The number of carbonyl (C=O) groups is 1. The maximum Gasteiger partial charge on any atom is 0.277 e. The Kier molecular flexibility index (Phi) is 1.58. The molecule has 0 N–H and O–H groups in total. The highest BCUT2D eigenvalue weighted by Crippen LogP contribution is 2.23. The molecule has 1 amide bonds. The Balaban J connectivity index is 2.69. The molecule has 1 heterocycles. The van der Waals surface area contributed by atoms with E-state index in [1.807, 2.05) is 0 Å². The molecule has 0 aliphatic carbocycles. The van der Waals surface area contributed by atoms with Gasteiger partial charge in [0.1, 0.15) is 5.82 Å². The van der Waals surface area contributed by atoms with Crippen LogP contribution in [0, 0.1) is 5.82 Å². The topological polar surface area (TPSA) is 29.4 Å². The van der Waals surface area contributed by atoms with Crippen molar-refractivity contribution < 1.29 is 9.18 Å². The number of benzene rings is 1. The minimum absolute atomic E-state index is 0.292. The van der Waals surface area contributed by atoms with Crippen molar-refractivity contribution in [2.45, 2.75) is 0 Å². The molecule has 60 valence electrons. The van der Waals surface area contributed by atoms with Gasteiger partial charge in [-0.2, -0.15) is 0 Å². The Labute approximate surface area is 76.2 Å². The van der Waals surface area contributed by atoms with Crippen molar-refractivity contribution in [2.24, 2.45) is 4.99 Å². The van der Waals surface area contributed by atoms with E-state index in [4.69, 9.17) is 0 Å². The molecule has 0 aromatic heterocycles. The molecule has 4 heteroatoms. The maximum atomic E-state index is 12.9. The van der Waals surface area contributed by atoms with Gasteiger partial charge in [0.25, 0.3) is 5.91 Å². The number of carbonyl (C=O) groups excluding carboxylic acids is 1. The summed E-state index contributed by atoms with van der Waals surface area (Å²) < 4.78 is 13.2. The van der Waals surface area contributed by atoms with Crippen molar-refractivity contribution in [1.82, 2.24) is 0 Å². The van der Waals surface area contributed by atoms with Crippen molar-refractivity contribution >= 4 is 28.1 Å². The van der Waals surface area contributed by atoms with Crippen LogP contribution in [0.25, 0.3) is 0 Å². The van der Waals surface area contributed by atoms with Gasteiger partial charge in [0.15, 0.2) is 0 Å². The predicted molar refractivity (Wildman–Crippen MR) is 46.0 cm³/mol. The Morgan fingerprint density at radius 2 is 2.17 bits per heavy atom. The number of halogens is 2. The fraction of sp³-hybridized carbons (Fsp3) is 0. The van der Waals surface area contributed by atoms with Gasteiger partial charge in [0.05, 0.1) is 10.0 Å². The molecule has 1 aliphatic heterocycles. The van der Waals surface area contributed by atoms with Crippen LogP contribution in [0.3, 0.4) is 0 Å². The van der Waals surface area contributed by atoms with Crippen LogP contribution in [-0.4, -0.2) is 12.1 Å². The minimum Gasteiger partial charge on any atom is -0.267 e. The van der Waals surface area contributed by atoms with E-state index in [-0.39, 0.29) is 11.7 Å². The lowest BCUT2D eigenvalue weighted by molar-refractivity contribution is 0.101. The fourth-order valence-corrected chi connectivity index (χ4v) is 1.40. The van der Waals surface area contributed by atoms with Crippen molar-refractivity contribution in [2.75, 3.05) is 0 Å². The van der Waals surface area contributed by atoms with E-state index in [1.54, 1.807) is 0 Å². The summed E-state index contributed by atoms with van der Waals surface area (Å²) >= 11 is 2.99. The molecule has 0 spiro atoms. The predicted octanol–water partition coefficient (Wildman–Crippen LogP) is 2.16. The first-order valence-electron chi connectivity index (χ1n) is 3.26. The fourth-order valence-electron chi connectivity index (χ4n) is 1.05. The highest BCUT2D eigenvalue weighted by Gasteiger charge is 2.17. The van der Waals surface area contributed by atoms with Gasteiger partial charge >= 0.3 is 0 Å². The van der Waals surface area contributed by atoms with E-state index in [0.29, 0.717) is 15.6 Å². The molecule has 0 saturated carbocycles. The number of amides is 1. The van der Waals surface area contributed by atoms with E-state index < -0.39 is 0 Å². The lowest BCUT2D eigenvalue weighted by atomic mass is 10.1. The summed E-state index contributed by atoms with van der Waals surface area (Å²) in [6.45, 7) is 0. The van der Waals surface area contributed by atoms with Crippen LogP contribution in [0.4, 0.5) is 4.39 Å². The number of hydrogen-bond donors (Lipinski definition) is 0.